The summed E-state index contributed by atoms with van der Waals surface area (Å²) in [6, 6.07) is 7.97. The molecule has 0 saturated carbocycles. The van der Waals surface area contributed by atoms with Gasteiger partial charge in [0.15, 0.2) is 0 Å². The van der Waals surface area contributed by atoms with E-state index in [9.17, 15) is 8.42 Å². The van der Waals surface area contributed by atoms with Crippen molar-refractivity contribution in [1.82, 2.24) is 4.98 Å². The van der Waals surface area contributed by atoms with Gasteiger partial charge in [-0.3, -0.25) is 9.71 Å². The van der Waals surface area contributed by atoms with Crippen LogP contribution >= 0.6 is 15.9 Å². The van der Waals surface area contributed by atoms with E-state index in [0.29, 0.717) is 21.4 Å². The average molecular weight is 357 g/mol. The number of aromatic nitrogens is 1. The van der Waals surface area contributed by atoms with Gasteiger partial charge in [0, 0.05) is 10.7 Å². The molecule has 0 radical (unpaired) electrons. The number of anilines is 1. The Hall–Kier alpha value is -1.44. The Morgan fingerprint density at radius 2 is 2.10 bits per heavy atom. The van der Waals surface area contributed by atoms with E-state index in [2.05, 4.69) is 25.6 Å². The zero-order chi connectivity index (χ0) is 14.8. The number of nitrogens with one attached hydrogen (secondary N) is 1. The van der Waals surface area contributed by atoms with Gasteiger partial charge in [0.2, 0.25) is 0 Å². The lowest BCUT2D eigenvalue weighted by atomic mass is 10.2. The number of aryl methyl sites for hydroxylation is 1. The van der Waals surface area contributed by atoms with Crippen LogP contribution in [-0.4, -0.2) is 18.5 Å². The van der Waals surface area contributed by atoms with Gasteiger partial charge >= 0.3 is 0 Å². The van der Waals surface area contributed by atoms with Crippen molar-refractivity contribution in [1.29, 1.82) is 0 Å². The molecule has 5 nitrogen and oxygen atoms in total. The quantitative estimate of drug-likeness (QED) is 0.881. The fraction of sp³-hybridized carbons (Fsp3) is 0.154. The van der Waals surface area contributed by atoms with E-state index in [1.54, 1.807) is 37.4 Å². The minimum atomic E-state index is -3.75. The first-order valence-corrected chi connectivity index (χ1v) is 8.05. The van der Waals surface area contributed by atoms with Gasteiger partial charge in [-0.25, -0.2) is 8.42 Å². The van der Waals surface area contributed by atoms with E-state index in [1.807, 2.05) is 0 Å². The Balaban J connectivity index is 2.43. The van der Waals surface area contributed by atoms with Gasteiger partial charge in [0.1, 0.15) is 4.90 Å². The average Bonchev–Trinajstić information content (AvgIpc) is 2.41. The van der Waals surface area contributed by atoms with E-state index in [0.717, 1.165) is 0 Å². The number of hydrogen-bond donors (Lipinski definition) is 2. The van der Waals surface area contributed by atoms with Crippen molar-refractivity contribution in [2.24, 2.45) is 0 Å². The second kappa shape index (κ2) is 5.90. The molecule has 0 spiro atoms. The first-order chi connectivity index (χ1) is 9.44. The molecule has 0 amide bonds. The van der Waals surface area contributed by atoms with Crippen LogP contribution < -0.4 is 4.72 Å². The Labute approximate surface area is 125 Å². The number of halogens is 1. The van der Waals surface area contributed by atoms with Gasteiger partial charge in [0.05, 0.1) is 18.0 Å². The molecule has 0 aliphatic carbocycles. The van der Waals surface area contributed by atoms with Gasteiger partial charge in [-0.2, -0.15) is 0 Å². The zero-order valence-electron chi connectivity index (χ0n) is 10.7. The summed E-state index contributed by atoms with van der Waals surface area (Å²) in [4.78, 5) is 4.11. The summed E-state index contributed by atoms with van der Waals surface area (Å²) in [7, 11) is -3.75. The molecular weight excluding hydrogens is 344 g/mol. The molecular formula is C13H13BrN2O3S. The van der Waals surface area contributed by atoms with Crippen LogP contribution in [0.1, 0.15) is 11.3 Å². The largest absolute Gasteiger partial charge is 0.392 e. The van der Waals surface area contributed by atoms with Crippen LogP contribution in [0.4, 0.5) is 5.69 Å². The van der Waals surface area contributed by atoms with Crippen LogP contribution in [-0.2, 0) is 16.6 Å². The van der Waals surface area contributed by atoms with E-state index < -0.39 is 10.0 Å². The van der Waals surface area contributed by atoms with Crippen molar-refractivity contribution in [3.05, 3.63) is 52.3 Å². The molecule has 2 N–H and O–H groups in total. The van der Waals surface area contributed by atoms with Crippen molar-refractivity contribution in [2.75, 3.05) is 4.72 Å². The highest BCUT2D eigenvalue weighted by molar-refractivity contribution is 9.10. The van der Waals surface area contributed by atoms with E-state index >= 15 is 0 Å². The van der Waals surface area contributed by atoms with Crippen LogP contribution in [0.15, 0.2) is 45.9 Å². The van der Waals surface area contributed by atoms with Gasteiger partial charge in [-0.15, -0.1) is 0 Å². The predicted molar refractivity (Wildman–Crippen MR) is 79.8 cm³/mol. The molecule has 2 rings (SSSR count). The van der Waals surface area contributed by atoms with E-state index in [1.165, 1.54) is 6.07 Å². The summed E-state index contributed by atoms with van der Waals surface area (Å²) in [6.45, 7) is 1.50. The molecule has 0 unspecified atom stereocenters. The fourth-order valence-electron chi connectivity index (χ4n) is 1.64. The van der Waals surface area contributed by atoms with Crippen LogP contribution in [0.2, 0.25) is 0 Å². The number of hydrogen-bond acceptors (Lipinski definition) is 4. The van der Waals surface area contributed by atoms with Crippen molar-refractivity contribution in [3.63, 3.8) is 0 Å². The summed E-state index contributed by atoms with van der Waals surface area (Å²) < 4.78 is 27.7. The zero-order valence-corrected chi connectivity index (χ0v) is 13.1. The molecule has 106 valence electrons. The molecule has 0 bridgehead atoms. The maximum atomic E-state index is 12.4. The minimum absolute atomic E-state index is 0.0762. The molecule has 1 aromatic carbocycles. The molecule has 1 heterocycles. The SMILES string of the molecule is Cc1ncccc1NS(=O)(=O)c1cc(CO)ccc1Br. The van der Waals surface area contributed by atoms with E-state index in [-0.39, 0.29) is 11.5 Å². The van der Waals surface area contributed by atoms with Gasteiger partial charge in [-0.05, 0) is 52.7 Å². The second-order valence-electron chi connectivity index (χ2n) is 4.16. The first kappa shape index (κ1) is 15.0. The second-order valence-corrected chi connectivity index (χ2v) is 6.67. The van der Waals surface area contributed by atoms with Crippen molar-refractivity contribution >= 4 is 31.6 Å². The monoisotopic (exact) mass is 356 g/mol. The normalized spacial score (nSPS) is 11.3. The Bertz CT molecular complexity index is 732. The minimum Gasteiger partial charge on any atom is -0.392 e. The Morgan fingerprint density at radius 1 is 1.35 bits per heavy atom. The molecule has 2 aromatic rings. The fourth-order valence-corrected chi connectivity index (χ4v) is 3.78. The molecule has 0 fully saturated rings. The predicted octanol–water partition coefficient (Wildman–Crippen LogP) is 2.45. The van der Waals surface area contributed by atoms with Crippen LogP contribution in [0.5, 0.6) is 0 Å². The van der Waals surface area contributed by atoms with Crippen LogP contribution in [0, 0.1) is 6.92 Å². The number of aliphatic hydroxyl groups excluding tert-OH is 1. The Kier molecular flexibility index (Phi) is 4.42. The maximum Gasteiger partial charge on any atom is 0.263 e. The lowest BCUT2D eigenvalue weighted by Crippen LogP contribution is -2.15. The van der Waals surface area contributed by atoms with Crippen molar-refractivity contribution < 1.29 is 13.5 Å². The summed E-state index contributed by atoms with van der Waals surface area (Å²) in [5.74, 6) is 0. The van der Waals surface area contributed by atoms with Crippen molar-refractivity contribution in [3.8, 4) is 0 Å². The highest BCUT2D eigenvalue weighted by Crippen LogP contribution is 2.26. The molecule has 0 aliphatic heterocycles. The number of sulfonamides is 1. The Morgan fingerprint density at radius 3 is 2.75 bits per heavy atom. The molecule has 0 aliphatic rings. The highest BCUT2D eigenvalue weighted by Gasteiger charge is 2.19. The molecule has 1 aromatic heterocycles. The highest BCUT2D eigenvalue weighted by atomic mass is 79.9. The summed E-state index contributed by atoms with van der Waals surface area (Å²) in [5.41, 5.74) is 1.54. The summed E-state index contributed by atoms with van der Waals surface area (Å²) in [6.07, 6.45) is 1.59. The maximum absolute atomic E-state index is 12.4. The number of aliphatic hydroxyl groups is 1. The van der Waals surface area contributed by atoms with Crippen LogP contribution in [0.3, 0.4) is 0 Å². The van der Waals surface area contributed by atoms with Crippen LogP contribution in [0.25, 0.3) is 0 Å². The van der Waals surface area contributed by atoms with Gasteiger partial charge in [-0.1, -0.05) is 6.07 Å². The number of rotatable bonds is 4. The van der Waals surface area contributed by atoms with Crippen molar-refractivity contribution in [2.45, 2.75) is 18.4 Å². The third-order valence-electron chi connectivity index (χ3n) is 2.72. The topological polar surface area (TPSA) is 79.3 Å². The smallest absolute Gasteiger partial charge is 0.263 e. The third-order valence-corrected chi connectivity index (χ3v) is 5.08. The lowest BCUT2D eigenvalue weighted by Gasteiger charge is -2.12. The number of nitrogens with zero attached hydrogens (tertiary/aromatic N) is 1. The van der Waals surface area contributed by atoms with Gasteiger partial charge in [0.25, 0.3) is 10.0 Å². The molecule has 20 heavy (non-hydrogen) atoms. The molecule has 0 saturated heterocycles. The standard InChI is InChI=1S/C13H13BrN2O3S/c1-9-12(3-2-6-15-9)16-20(18,19)13-7-10(8-17)4-5-11(13)14/h2-7,16-17H,8H2,1H3. The van der Waals surface area contributed by atoms with E-state index in [4.69, 9.17) is 5.11 Å². The molecule has 0 atom stereocenters. The summed E-state index contributed by atoms with van der Waals surface area (Å²) >= 11 is 3.21. The summed E-state index contributed by atoms with van der Waals surface area (Å²) in [5, 5.41) is 9.11. The third kappa shape index (κ3) is 3.17. The number of benzene rings is 1. The first-order valence-electron chi connectivity index (χ1n) is 5.78. The number of pyridine rings is 1. The van der Waals surface area contributed by atoms with Gasteiger partial charge < -0.3 is 5.11 Å². The molecule has 7 heteroatoms. The lowest BCUT2D eigenvalue weighted by molar-refractivity contribution is 0.281.